The summed E-state index contributed by atoms with van der Waals surface area (Å²) in [6, 6.07) is 7.57. The van der Waals surface area contributed by atoms with Crippen LogP contribution in [-0.4, -0.2) is 13.1 Å². The molecule has 0 saturated heterocycles. The molecule has 1 nitrogen and oxygen atoms in total. The minimum atomic E-state index is -0.155. The van der Waals surface area contributed by atoms with Crippen LogP contribution in [0.3, 0.4) is 0 Å². The molecular weight excluding hydrogens is 209 g/mol. The van der Waals surface area contributed by atoms with E-state index in [0.717, 1.165) is 16.5 Å². The fourth-order valence-electron chi connectivity index (χ4n) is 1.56. The molecule has 0 radical (unpaired) electrons. The Morgan fingerprint density at radius 2 is 2.20 bits per heavy atom. The molecule has 1 heterocycles. The van der Waals surface area contributed by atoms with Gasteiger partial charge in [-0.15, -0.1) is 11.3 Å². The highest BCUT2D eigenvalue weighted by Gasteiger charge is 2.05. The second-order valence-corrected chi connectivity index (χ2v) is 4.96. The van der Waals surface area contributed by atoms with Gasteiger partial charge in [0.2, 0.25) is 0 Å². The van der Waals surface area contributed by atoms with Crippen molar-refractivity contribution in [1.29, 1.82) is 0 Å². The fourth-order valence-corrected chi connectivity index (χ4v) is 2.78. The molecule has 0 aliphatic heterocycles. The largest absolute Gasteiger partial charge is 0.317 e. The third kappa shape index (κ3) is 2.36. The third-order valence-corrected chi connectivity index (χ3v) is 3.65. The van der Waals surface area contributed by atoms with E-state index in [0.29, 0.717) is 6.04 Å². The van der Waals surface area contributed by atoms with Gasteiger partial charge >= 0.3 is 0 Å². The Morgan fingerprint density at radius 3 is 2.93 bits per heavy atom. The molecule has 3 heteroatoms. The van der Waals surface area contributed by atoms with Crippen molar-refractivity contribution in [2.24, 2.45) is 0 Å². The Balaban J connectivity index is 2.30. The lowest BCUT2D eigenvalue weighted by Gasteiger charge is -2.06. The number of hydrogen-bond acceptors (Lipinski definition) is 2. The summed E-state index contributed by atoms with van der Waals surface area (Å²) in [6.07, 6.45) is 0.997. The van der Waals surface area contributed by atoms with Gasteiger partial charge in [-0.2, -0.15) is 0 Å². The molecule has 0 aliphatic carbocycles. The zero-order valence-corrected chi connectivity index (χ0v) is 9.70. The molecule has 1 atom stereocenters. The van der Waals surface area contributed by atoms with Gasteiger partial charge in [-0.3, -0.25) is 0 Å². The SMILES string of the molecule is CNC(C)Cc1cc2ccc(F)cc2s1. The van der Waals surface area contributed by atoms with Crippen molar-refractivity contribution in [1.82, 2.24) is 5.32 Å². The number of benzene rings is 1. The van der Waals surface area contributed by atoms with Crippen molar-refractivity contribution in [3.8, 4) is 0 Å². The average Bonchev–Trinajstić information content (AvgIpc) is 2.59. The van der Waals surface area contributed by atoms with E-state index < -0.39 is 0 Å². The molecule has 1 aromatic heterocycles. The first-order valence-electron chi connectivity index (χ1n) is 5.04. The Kier molecular flexibility index (Phi) is 3.03. The molecule has 1 aromatic carbocycles. The minimum Gasteiger partial charge on any atom is -0.317 e. The van der Waals surface area contributed by atoms with E-state index in [1.165, 1.54) is 10.9 Å². The summed E-state index contributed by atoms with van der Waals surface area (Å²) in [4.78, 5) is 1.30. The maximum atomic E-state index is 13.0. The normalized spacial score (nSPS) is 13.3. The maximum Gasteiger partial charge on any atom is 0.124 e. The molecule has 1 unspecified atom stereocenters. The van der Waals surface area contributed by atoms with Crippen molar-refractivity contribution < 1.29 is 4.39 Å². The van der Waals surface area contributed by atoms with E-state index in [1.54, 1.807) is 17.4 Å². The number of halogens is 1. The van der Waals surface area contributed by atoms with Gasteiger partial charge in [0.1, 0.15) is 5.82 Å². The zero-order valence-electron chi connectivity index (χ0n) is 8.88. The second kappa shape index (κ2) is 4.29. The van der Waals surface area contributed by atoms with E-state index in [2.05, 4.69) is 18.3 Å². The molecule has 0 spiro atoms. The van der Waals surface area contributed by atoms with E-state index >= 15 is 0 Å². The summed E-state index contributed by atoms with van der Waals surface area (Å²) in [7, 11) is 1.96. The summed E-state index contributed by atoms with van der Waals surface area (Å²) in [5.74, 6) is -0.155. The van der Waals surface area contributed by atoms with Crippen LogP contribution in [0.4, 0.5) is 4.39 Å². The highest BCUT2D eigenvalue weighted by atomic mass is 32.1. The highest BCUT2D eigenvalue weighted by Crippen LogP contribution is 2.27. The van der Waals surface area contributed by atoms with Crippen molar-refractivity contribution in [2.75, 3.05) is 7.05 Å². The van der Waals surface area contributed by atoms with Crippen LogP contribution >= 0.6 is 11.3 Å². The fraction of sp³-hybridized carbons (Fsp3) is 0.333. The van der Waals surface area contributed by atoms with Crippen molar-refractivity contribution in [2.45, 2.75) is 19.4 Å². The van der Waals surface area contributed by atoms with Crippen LogP contribution in [0.25, 0.3) is 10.1 Å². The molecule has 0 fully saturated rings. The van der Waals surface area contributed by atoms with Crippen LogP contribution in [0.15, 0.2) is 24.3 Å². The van der Waals surface area contributed by atoms with E-state index in [-0.39, 0.29) is 5.82 Å². The first kappa shape index (κ1) is 10.6. The number of rotatable bonds is 3. The van der Waals surface area contributed by atoms with Gasteiger partial charge in [-0.1, -0.05) is 6.07 Å². The van der Waals surface area contributed by atoms with Crippen LogP contribution in [0.5, 0.6) is 0 Å². The first-order valence-corrected chi connectivity index (χ1v) is 5.86. The number of thiophene rings is 1. The number of hydrogen-bond donors (Lipinski definition) is 1. The summed E-state index contributed by atoms with van der Waals surface area (Å²) < 4.78 is 14.0. The van der Waals surface area contributed by atoms with Gasteiger partial charge in [-0.25, -0.2) is 4.39 Å². The van der Waals surface area contributed by atoms with Crippen LogP contribution in [-0.2, 0) is 6.42 Å². The van der Waals surface area contributed by atoms with Crippen LogP contribution in [0.1, 0.15) is 11.8 Å². The molecule has 15 heavy (non-hydrogen) atoms. The predicted octanol–water partition coefficient (Wildman–Crippen LogP) is 3.19. The molecule has 0 amide bonds. The first-order chi connectivity index (χ1) is 7.19. The Hall–Kier alpha value is -0.930. The minimum absolute atomic E-state index is 0.155. The van der Waals surface area contributed by atoms with Crippen LogP contribution in [0.2, 0.25) is 0 Å². The van der Waals surface area contributed by atoms with Gasteiger partial charge in [-0.05, 0) is 44.0 Å². The standard InChI is InChI=1S/C12H14FNS/c1-8(14-2)5-11-6-9-3-4-10(13)7-12(9)15-11/h3-4,6-8,14H,5H2,1-2H3. The highest BCUT2D eigenvalue weighted by molar-refractivity contribution is 7.19. The summed E-state index contributed by atoms with van der Waals surface area (Å²) >= 11 is 1.68. The quantitative estimate of drug-likeness (QED) is 0.842. The summed E-state index contributed by atoms with van der Waals surface area (Å²) in [5.41, 5.74) is 0. The number of nitrogens with one attached hydrogen (secondary N) is 1. The van der Waals surface area contributed by atoms with Gasteiger partial charge < -0.3 is 5.32 Å². The molecular formula is C12H14FNS. The monoisotopic (exact) mass is 223 g/mol. The van der Waals surface area contributed by atoms with E-state index in [4.69, 9.17) is 0 Å². The zero-order chi connectivity index (χ0) is 10.8. The molecule has 1 N–H and O–H groups in total. The lowest BCUT2D eigenvalue weighted by molar-refractivity contribution is 0.613. The van der Waals surface area contributed by atoms with Gasteiger partial charge in [0.25, 0.3) is 0 Å². The van der Waals surface area contributed by atoms with Crippen LogP contribution < -0.4 is 5.32 Å². The lowest BCUT2D eigenvalue weighted by atomic mass is 10.2. The molecule has 2 aromatic rings. The van der Waals surface area contributed by atoms with Gasteiger partial charge in [0.05, 0.1) is 0 Å². The van der Waals surface area contributed by atoms with Gasteiger partial charge in [0.15, 0.2) is 0 Å². The predicted molar refractivity (Wildman–Crippen MR) is 64.0 cm³/mol. The molecule has 2 rings (SSSR count). The van der Waals surface area contributed by atoms with Crippen molar-refractivity contribution in [3.63, 3.8) is 0 Å². The van der Waals surface area contributed by atoms with Crippen molar-refractivity contribution in [3.05, 3.63) is 35.0 Å². The maximum absolute atomic E-state index is 13.0. The van der Waals surface area contributed by atoms with E-state index in [1.807, 2.05) is 13.1 Å². The summed E-state index contributed by atoms with van der Waals surface area (Å²) in [6.45, 7) is 2.14. The van der Waals surface area contributed by atoms with E-state index in [9.17, 15) is 4.39 Å². The second-order valence-electron chi connectivity index (χ2n) is 3.79. The topological polar surface area (TPSA) is 12.0 Å². The van der Waals surface area contributed by atoms with Crippen molar-refractivity contribution >= 4 is 21.4 Å². The Bertz CT molecular complexity index is 464. The third-order valence-electron chi connectivity index (χ3n) is 2.53. The Morgan fingerprint density at radius 1 is 1.40 bits per heavy atom. The lowest BCUT2D eigenvalue weighted by Crippen LogP contribution is -2.22. The molecule has 0 aliphatic rings. The number of fused-ring (bicyclic) bond motifs is 1. The van der Waals surface area contributed by atoms with Gasteiger partial charge in [0, 0.05) is 15.6 Å². The molecule has 0 bridgehead atoms. The van der Waals surface area contributed by atoms with Crippen LogP contribution in [0, 0.1) is 5.82 Å². The summed E-state index contributed by atoms with van der Waals surface area (Å²) in [5, 5.41) is 4.34. The number of likely N-dealkylation sites (N-methyl/N-ethyl adjacent to an activating group) is 1. The molecule has 0 saturated carbocycles. The average molecular weight is 223 g/mol. The smallest absolute Gasteiger partial charge is 0.124 e. The Labute approximate surface area is 92.9 Å². The molecule has 80 valence electrons.